The van der Waals surface area contributed by atoms with Crippen LogP contribution in [0.3, 0.4) is 0 Å². The van der Waals surface area contributed by atoms with E-state index in [0.29, 0.717) is 5.56 Å². The number of carbonyl (C=O) groups excluding carboxylic acids is 1. The Labute approximate surface area is 81.4 Å². The van der Waals surface area contributed by atoms with Gasteiger partial charge in [0.15, 0.2) is 5.78 Å². The third kappa shape index (κ3) is 1.20. The number of imidazole rings is 1. The Morgan fingerprint density at radius 1 is 1.64 bits per heavy atom. The Bertz CT molecular complexity index is 487. The molecule has 0 saturated heterocycles. The first-order chi connectivity index (χ1) is 6.74. The van der Waals surface area contributed by atoms with E-state index >= 15 is 0 Å². The average molecular weight is 189 g/mol. The minimum atomic E-state index is -0.0563. The number of rotatable bonds is 2. The molecule has 0 aliphatic carbocycles. The van der Waals surface area contributed by atoms with Crippen molar-refractivity contribution in [2.75, 3.05) is 6.54 Å². The Hall–Kier alpha value is -1.68. The zero-order chi connectivity index (χ0) is 10.1. The maximum Gasteiger partial charge on any atom is 0.178 e. The van der Waals surface area contributed by atoms with Crippen molar-refractivity contribution in [2.24, 2.45) is 5.73 Å². The lowest BCUT2D eigenvalue weighted by atomic mass is 10.1. The van der Waals surface area contributed by atoms with Gasteiger partial charge in [0.05, 0.1) is 24.1 Å². The first-order valence-corrected chi connectivity index (χ1v) is 4.39. The zero-order valence-electron chi connectivity index (χ0n) is 7.90. The fraction of sp³-hybridized carbons (Fsp3) is 0.200. The molecule has 0 atom stereocenters. The summed E-state index contributed by atoms with van der Waals surface area (Å²) in [6.45, 7) is 1.91. The van der Waals surface area contributed by atoms with Crippen LogP contribution in [-0.2, 0) is 0 Å². The normalized spacial score (nSPS) is 10.7. The molecule has 2 heterocycles. The summed E-state index contributed by atoms with van der Waals surface area (Å²) in [7, 11) is 0. The van der Waals surface area contributed by atoms with Crippen LogP contribution >= 0.6 is 0 Å². The van der Waals surface area contributed by atoms with Gasteiger partial charge in [-0.2, -0.15) is 0 Å². The van der Waals surface area contributed by atoms with Gasteiger partial charge in [-0.1, -0.05) is 0 Å². The average Bonchev–Trinajstić information content (AvgIpc) is 2.59. The second-order valence-electron chi connectivity index (χ2n) is 3.14. The van der Waals surface area contributed by atoms with Gasteiger partial charge in [-0.25, -0.2) is 4.98 Å². The lowest BCUT2D eigenvalue weighted by molar-refractivity contribution is 0.100. The van der Waals surface area contributed by atoms with Crippen LogP contribution in [0, 0.1) is 6.92 Å². The largest absolute Gasteiger partial charge is 0.324 e. The lowest BCUT2D eigenvalue weighted by Crippen LogP contribution is -2.14. The molecule has 14 heavy (non-hydrogen) atoms. The molecule has 0 unspecified atom stereocenters. The maximum absolute atomic E-state index is 11.5. The van der Waals surface area contributed by atoms with Crippen LogP contribution < -0.4 is 5.73 Å². The van der Waals surface area contributed by atoms with E-state index in [9.17, 15) is 4.79 Å². The number of Topliss-reactive ketones (excluding diaryl/α,β-unsaturated/α-hetero) is 1. The Morgan fingerprint density at radius 2 is 2.43 bits per heavy atom. The van der Waals surface area contributed by atoms with Crippen LogP contribution in [0.5, 0.6) is 0 Å². The lowest BCUT2D eigenvalue weighted by Gasteiger charge is -2.01. The predicted molar refractivity (Wildman–Crippen MR) is 53.3 cm³/mol. The van der Waals surface area contributed by atoms with Crippen molar-refractivity contribution in [1.82, 2.24) is 9.38 Å². The van der Waals surface area contributed by atoms with Gasteiger partial charge in [0.25, 0.3) is 0 Å². The highest BCUT2D eigenvalue weighted by atomic mass is 16.1. The molecule has 2 aromatic heterocycles. The van der Waals surface area contributed by atoms with Gasteiger partial charge in [0, 0.05) is 11.8 Å². The van der Waals surface area contributed by atoms with Gasteiger partial charge in [-0.3, -0.25) is 4.79 Å². The fourth-order valence-electron chi connectivity index (χ4n) is 1.55. The highest BCUT2D eigenvalue weighted by Gasteiger charge is 2.10. The van der Waals surface area contributed by atoms with Gasteiger partial charge in [0.1, 0.15) is 0 Å². The van der Waals surface area contributed by atoms with Crippen LogP contribution in [-0.4, -0.2) is 21.7 Å². The topological polar surface area (TPSA) is 60.4 Å². The summed E-state index contributed by atoms with van der Waals surface area (Å²) in [5.74, 6) is -0.0563. The van der Waals surface area contributed by atoms with E-state index in [1.54, 1.807) is 12.4 Å². The predicted octanol–water partition coefficient (Wildman–Crippen LogP) is 0.784. The summed E-state index contributed by atoms with van der Waals surface area (Å²) in [6.07, 6.45) is 3.56. The number of nitrogens with two attached hydrogens (primary N) is 1. The van der Waals surface area contributed by atoms with E-state index < -0.39 is 0 Å². The molecule has 2 rings (SSSR count). The molecule has 0 aromatic carbocycles. The molecule has 0 amide bonds. The minimum Gasteiger partial charge on any atom is -0.324 e. The SMILES string of the molecule is Cc1ncn2cccc(C(=O)CN)c12. The summed E-state index contributed by atoms with van der Waals surface area (Å²) < 4.78 is 1.83. The molecule has 0 fully saturated rings. The number of carbonyl (C=O) groups is 1. The number of pyridine rings is 1. The molecule has 4 heteroatoms. The highest BCUT2D eigenvalue weighted by molar-refractivity contribution is 6.03. The summed E-state index contributed by atoms with van der Waals surface area (Å²) in [4.78, 5) is 15.7. The smallest absolute Gasteiger partial charge is 0.178 e. The number of aromatic nitrogens is 2. The van der Waals surface area contributed by atoms with Crippen molar-refractivity contribution >= 4 is 11.3 Å². The van der Waals surface area contributed by atoms with E-state index in [0.717, 1.165) is 11.2 Å². The van der Waals surface area contributed by atoms with Crippen molar-refractivity contribution in [3.8, 4) is 0 Å². The number of fused-ring (bicyclic) bond motifs is 1. The summed E-state index contributed by atoms with van der Waals surface area (Å²) >= 11 is 0. The number of ketones is 1. The number of hydrogen-bond acceptors (Lipinski definition) is 3. The molecule has 2 aromatic rings. The summed E-state index contributed by atoms with van der Waals surface area (Å²) in [5, 5.41) is 0. The Kier molecular flexibility index (Phi) is 2.05. The first-order valence-electron chi connectivity index (χ1n) is 4.39. The summed E-state index contributed by atoms with van der Waals surface area (Å²) in [5.41, 5.74) is 7.68. The van der Waals surface area contributed by atoms with Gasteiger partial charge in [-0.05, 0) is 19.1 Å². The van der Waals surface area contributed by atoms with Crippen LogP contribution in [0.1, 0.15) is 16.1 Å². The van der Waals surface area contributed by atoms with Crippen LogP contribution in [0.25, 0.3) is 5.52 Å². The standard InChI is InChI=1S/C10H11N3O/c1-7-10-8(9(14)5-11)3-2-4-13(10)6-12-7/h2-4,6H,5,11H2,1H3. The van der Waals surface area contributed by atoms with E-state index in [4.69, 9.17) is 5.73 Å². The fourth-order valence-corrected chi connectivity index (χ4v) is 1.55. The molecular formula is C10H11N3O. The highest BCUT2D eigenvalue weighted by Crippen LogP contribution is 2.14. The number of nitrogens with zero attached hydrogens (tertiary/aromatic N) is 2. The molecule has 0 spiro atoms. The molecule has 0 radical (unpaired) electrons. The van der Waals surface area contributed by atoms with Gasteiger partial charge in [0.2, 0.25) is 0 Å². The monoisotopic (exact) mass is 189 g/mol. The number of aryl methyl sites for hydroxylation is 1. The van der Waals surface area contributed by atoms with E-state index in [1.165, 1.54) is 0 Å². The van der Waals surface area contributed by atoms with Crippen molar-refractivity contribution < 1.29 is 4.79 Å². The molecule has 72 valence electrons. The summed E-state index contributed by atoms with van der Waals surface area (Å²) in [6, 6.07) is 3.59. The third-order valence-corrected chi connectivity index (χ3v) is 2.23. The van der Waals surface area contributed by atoms with Gasteiger partial charge >= 0.3 is 0 Å². The van der Waals surface area contributed by atoms with E-state index in [1.807, 2.05) is 23.6 Å². The third-order valence-electron chi connectivity index (χ3n) is 2.23. The minimum absolute atomic E-state index is 0.0320. The first kappa shape index (κ1) is 8.90. The quantitative estimate of drug-likeness (QED) is 0.710. The van der Waals surface area contributed by atoms with Crippen molar-refractivity contribution in [3.05, 3.63) is 35.9 Å². The molecule has 0 aliphatic rings. The van der Waals surface area contributed by atoms with Gasteiger partial charge in [-0.15, -0.1) is 0 Å². The van der Waals surface area contributed by atoms with Crippen LogP contribution in [0.2, 0.25) is 0 Å². The molecule has 0 saturated carbocycles. The second-order valence-corrected chi connectivity index (χ2v) is 3.14. The Morgan fingerprint density at radius 3 is 3.14 bits per heavy atom. The molecule has 0 bridgehead atoms. The molecule has 0 aliphatic heterocycles. The molecule has 2 N–H and O–H groups in total. The van der Waals surface area contributed by atoms with Crippen molar-refractivity contribution in [1.29, 1.82) is 0 Å². The van der Waals surface area contributed by atoms with Crippen molar-refractivity contribution in [3.63, 3.8) is 0 Å². The van der Waals surface area contributed by atoms with Crippen LogP contribution in [0.4, 0.5) is 0 Å². The van der Waals surface area contributed by atoms with E-state index in [2.05, 4.69) is 4.98 Å². The van der Waals surface area contributed by atoms with Gasteiger partial charge < -0.3 is 10.1 Å². The Balaban J connectivity index is 2.75. The van der Waals surface area contributed by atoms with Crippen LogP contribution in [0.15, 0.2) is 24.7 Å². The van der Waals surface area contributed by atoms with E-state index in [-0.39, 0.29) is 12.3 Å². The maximum atomic E-state index is 11.5. The molecular weight excluding hydrogens is 178 g/mol. The second kappa shape index (κ2) is 3.23. The van der Waals surface area contributed by atoms with Crippen molar-refractivity contribution in [2.45, 2.75) is 6.92 Å². The molecule has 4 nitrogen and oxygen atoms in total. The number of hydrogen-bond donors (Lipinski definition) is 1. The zero-order valence-corrected chi connectivity index (χ0v) is 7.90.